The molecule has 0 aliphatic heterocycles. The third-order valence-electron chi connectivity index (χ3n) is 3.33. The van der Waals surface area contributed by atoms with E-state index in [1.807, 2.05) is 31.2 Å². The van der Waals surface area contributed by atoms with Crippen molar-refractivity contribution in [1.29, 1.82) is 0 Å². The van der Waals surface area contributed by atoms with Crippen molar-refractivity contribution in [3.05, 3.63) is 29.8 Å². The van der Waals surface area contributed by atoms with Gasteiger partial charge in [-0.05, 0) is 44.0 Å². The van der Waals surface area contributed by atoms with Gasteiger partial charge in [0.2, 0.25) is 5.91 Å². The molecule has 112 valence electrons. The normalized spacial score (nSPS) is 11.9. The van der Waals surface area contributed by atoms with Crippen molar-refractivity contribution in [2.24, 2.45) is 5.73 Å². The van der Waals surface area contributed by atoms with Gasteiger partial charge in [0.15, 0.2) is 0 Å². The summed E-state index contributed by atoms with van der Waals surface area (Å²) < 4.78 is 5.19. The molecule has 0 aromatic heterocycles. The van der Waals surface area contributed by atoms with Crippen LogP contribution in [0.5, 0.6) is 5.75 Å². The van der Waals surface area contributed by atoms with Crippen molar-refractivity contribution in [3.8, 4) is 5.75 Å². The lowest BCUT2D eigenvalue weighted by molar-refractivity contribution is -0.121. The third kappa shape index (κ3) is 6.06. The van der Waals surface area contributed by atoms with E-state index in [2.05, 4.69) is 5.32 Å². The largest absolute Gasteiger partial charge is 0.497 e. The molecule has 0 saturated heterocycles. The standard InChI is InChI=1S/C16H26N2O2/c1-13(14-8-7-9-15(12-14)20-2)18-16(19)10-5-3-4-6-11-17/h7-9,12-13H,3-6,10-11,17H2,1-2H3,(H,18,19)/t13-/m0/s1. The lowest BCUT2D eigenvalue weighted by Crippen LogP contribution is -2.26. The fourth-order valence-electron chi connectivity index (χ4n) is 2.09. The molecule has 1 rings (SSSR count). The van der Waals surface area contributed by atoms with Crippen LogP contribution in [0.2, 0.25) is 0 Å². The molecule has 0 radical (unpaired) electrons. The molecule has 4 heteroatoms. The number of carbonyl (C=O) groups excluding carboxylic acids is 1. The second-order valence-corrected chi connectivity index (χ2v) is 5.02. The molecule has 1 atom stereocenters. The van der Waals surface area contributed by atoms with Crippen molar-refractivity contribution < 1.29 is 9.53 Å². The number of hydrogen-bond acceptors (Lipinski definition) is 3. The van der Waals surface area contributed by atoms with Gasteiger partial charge in [0.25, 0.3) is 0 Å². The van der Waals surface area contributed by atoms with Crippen LogP contribution in [0.15, 0.2) is 24.3 Å². The summed E-state index contributed by atoms with van der Waals surface area (Å²) in [5.41, 5.74) is 6.49. The fourth-order valence-corrected chi connectivity index (χ4v) is 2.09. The van der Waals surface area contributed by atoms with Gasteiger partial charge >= 0.3 is 0 Å². The lowest BCUT2D eigenvalue weighted by atomic mass is 10.1. The highest BCUT2D eigenvalue weighted by molar-refractivity contribution is 5.76. The second-order valence-electron chi connectivity index (χ2n) is 5.02. The van der Waals surface area contributed by atoms with E-state index in [-0.39, 0.29) is 11.9 Å². The van der Waals surface area contributed by atoms with Crippen LogP contribution in [-0.2, 0) is 4.79 Å². The van der Waals surface area contributed by atoms with Crippen LogP contribution < -0.4 is 15.8 Å². The summed E-state index contributed by atoms with van der Waals surface area (Å²) >= 11 is 0. The number of methoxy groups -OCH3 is 1. The van der Waals surface area contributed by atoms with Crippen LogP contribution in [0.1, 0.15) is 50.6 Å². The summed E-state index contributed by atoms with van der Waals surface area (Å²) in [6.07, 6.45) is 4.73. The maximum absolute atomic E-state index is 11.8. The Morgan fingerprint density at radius 3 is 2.75 bits per heavy atom. The highest BCUT2D eigenvalue weighted by atomic mass is 16.5. The van der Waals surface area contributed by atoms with Gasteiger partial charge in [-0.2, -0.15) is 0 Å². The first-order chi connectivity index (χ1) is 9.67. The Kier molecular flexibility index (Phi) is 7.73. The molecule has 0 heterocycles. The molecule has 4 nitrogen and oxygen atoms in total. The van der Waals surface area contributed by atoms with Crippen LogP contribution in [0.3, 0.4) is 0 Å². The van der Waals surface area contributed by atoms with Gasteiger partial charge in [0.1, 0.15) is 5.75 Å². The quantitative estimate of drug-likeness (QED) is 0.683. The Bertz CT molecular complexity index is 407. The SMILES string of the molecule is COc1cccc([C@H](C)NC(=O)CCCCCCN)c1. The number of benzene rings is 1. The molecule has 0 bridgehead atoms. The Hall–Kier alpha value is -1.55. The molecule has 1 aromatic rings. The minimum Gasteiger partial charge on any atom is -0.497 e. The minimum absolute atomic E-state index is 0.00152. The predicted octanol–water partition coefficient (Wildman–Crippen LogP) is 2.78. The maximum Gasteiger partial charge on any atom is 0.220 e. The summed E-state index contributed by atoms with van der Waals surface area (Å²) in [5, 5.41) is 3.02. The first-order valence-corrected chi connectivity index (χ1v) is 7.30. The van der Waals surface area contributed by atoms with Crippen molar-refractivity contribution >= 4 is 5.91 Å². The summed E-state index contributed by atoms with van der Waals surface area (Å²) in [6, 6.07) is 7.78. The minimum atomic E-state index is 0.00152. The molecule has 20 heavy (non-hydrogen) atoms. The number of unbranched alkanes of at least 4 members (excludes halogenated alkanes) is 3. The van der Waals surface area contributed by atoms with E-state index in [0.717, 1.165) is 43.5 Å². The molecule has 0 fully saturated rings. The Balaban J connectivity index is 2.33. The molecule has 0 saturated carbocycles. The van der Waals surface area contributed by atoms with Crippen LogP contribution in [-0.4, -0.2) is 19.6 Å². The lowest BCUT2D eigenvalue weighted by Gasteiger charge is -2.15. The Morgan fingerprint density at radius 2 is 2.05 bits per heavy atom. The number of hydrogen-bond donors (Lipinski definition) is 2. The first kappa shape index (κ1) is 16.5. The number of carbonyl (C=O) groups is 1. The average molecular weight is 278 g/mol. The zero-order valence-corrected chi connectivity index (χ0v) is 12.5. The van der Waals surface area contributed by atoms with Gasteiger partial charge in [-0.1, -0.05) is 25.0 Å². The second kappa shape index (κ2) is 9.37. The Labute approximate surface area is 121 Å². The molecule has 0 aliphatic carbocycles. The van der Waals surface area contributed by atoms with E-state index in [1.54, 1.807) is 7.11 Å². The number of amides is 1. The summed E-state index contributed by atoms with van der Waals surface area (Å²) in [6.45, 7) is 2.72. The molecule has 0 spiro atoms. The number of nitrogens with one attached hydrogen (secondary N) is 1. The molecule has 1 amide bonds. The molecule has 0 aliphatic rings. The first-order valence-electron chi connectivity index (χ1n) is 7.30. The van der Waals surface area contributed by atoms with Crippen molar-refractivity contribution in [2.45, 2.75) is 45.1 Å². The average Bonchev–Trinajstić information content (AvgIpc) is 2.47. The zero-order chi connectivity index (χ0) is 14.8. The topological polar surface area (TPSA) is 64.3 Å². The maximum atomic E-state index is 11.8. The van der Waals surface area contributed by atoms with Crippen LogP contribution in [0, 0.1) is 0 Å². The van der Waals surface area contributed by atoms with Gasteiger partial charge in [-0.15, -0.1) is 0 Å². The van der Waals surface area contributed by atoms with Crippen LogP contribution >= 0.6 is 0 Å². The van der Waals surface area contributed by atoms with E-state index in [1.165, 1.54) is 0 Å². The van der Waals surface area contributed by atoms with Gasteiger partial charge in [-0.25, -0.2) is 0 Å². The molecule has 0 unspecified atom stereocenters. The van der Waals surface area contributed by atoms with E-state index in [9.17, 15) is 4.79 Å². The van der Waals surface area contributed by atoms with Crippen molar-refractivity contribution in [3.63, 3.8) is 0 Å². The predicted molar refractivity (Wildman–Crippen MR) is 81.7 cm³/mol. The highest BCUT2D eigenvalue weighted by Gasteiger charge is 2.09. The summed E-state index contributed by atoms with van der Waals surface area (Å²) in [4.78, 5) is 11.8. The molecule has 3 N–H and O–H groups in total. The van der Waals surface area contributed by atoms with E-state index >= 15 is 0 Å². The highest BCUT2D eigenvalue weighted by Crippen LogP contribution is 2.18. The Morgan fingerprint density at radius 1 is 1.30 bits per heavy atom. The monoisotopic (exact) mass is 278 g/mol. The third-order valence-corrected chi connectivity index (χ3v) is 3.33. The van der Waals surface area contributed by atoms with E-state index in [4.69, 9.17) is 10.5 Å². The summed E-state index contributed by atoms with van der Waals surface area (Å²) in [5.74, 6) is 0.915. The zero-order valence-electron chi connectivity index (χ0n) is 12.5. The van der Waals surface area contributed by atoms with Gasteiger partial charge < -0.3 is 15.8 Å². The van der Waals surface area contributed by atoms with E-state index < -0.39 is 0 Å². The summed E-state index contributed by atoms with van der Waals surface area (Å²) in [7, 11) is 1.64. The van der Waals surface area contributed by atoms with Crippen molar-refractivity contribution in [1.82, 2.24) is 5.32 Å². The molecule has 1 aromatic carbocycles. The van der Waals surface area contributed by atoms with Gasteiger partial charge in [0, 0.05) is 6.42 Å². The number of nitrogens with two attached hydrogens (primary N) is 1. The fraction of sp³-hybridized carbons (Fsp3) is 0.562. The van der Waals surface area contributed by atoms with Crippen LogP contribution in [0.4, 0.5) is 0 Å². The smallest absolute Gasteiger partial charge is 0.220 e. The van der Waals surface area contributed by atoms with Gasteiger partial charge in [-0.3, -0.25) is 4.79 Å². The molecular weight excluding hydrogens is 252 g/mol. The van der Waals surface area contributed by atoms with Crippen molar-refractivity contribution in [2.75, 3.05) is 13.7 Å². The van der Waals surface area contributed by atoms with Crippen LogP contribution in [0.25, 0.3) is 0 Å². The number of rotatable bonds is 9. The molecular formula is C16H26N2O2. The van der Waals surface area contributed by atoms with Gasteiger partial charge in [0.05, 0.1) is 13.2 Å². The number of ether oxygens (including phenoxy) is 1. The van der Waals surface area contributed by atoms with E-state index in [0.29, 0.717) is 6.42 Å².